The molecule has 1 aromatic heterocycles. The molecular weight excluding hydrogens is 660 g/mol. The summed E-state index contributed by atoms with van der Waals surface area (Å²) in [4.78, 5) is 16.8. The maximum Gasteiger partial charge on any atom is 0.343 e. The van der Waals surface area contributed by atoms with Crippen LogP contribution in [0.4, 0.5) is 9.18 Å². The Kier molecular flexibility index (Phi) is 10.00. The molecule has 9 nitrogen and oxygen atoms in total. The van der Waals surface area contributed by atoms with Gasteiger partial charge >= 0.3 is 6.03 Å². The van der Waals surface area contributed by atoms with E-state index in [1.54, 1.807) is 42.6 Å². The van der Waals surface area contributed by atoms with Crippen molar-refractivity contribution in [2.75, 3.05) is 20.2 Å². The molecule has 0 spiro atoms. The van der Waals surface area contributed by atoms with Gasteiger partial charge in [0.05, 0.1) is 28.9 Å². The third kappa shape index (κ3) is 7.41. The topological polar surface area (TPSA) is 106 Å². The highest BCUT2D eigenvalue weighted by Crippen LogP contribution is 2.39. The number of carbonyl (C=O) groups excluding carboxylic acids is 1. The first-order valence-corrected chi connectivity index (χ1v) is 17.3. The van der Waals surface area contributed by atoms with Gasteiger partial charge in [0.15, 0.2) is 5.16 Å². The van der Waals surface area contributed by atoms with Gasteiger partial charge in [-0.3, -0.25) is 9.99 Å². The Balaban J connectivity index is 1.40. The predicted octanol–water partition coefficient (Wildman–Crippen LogP) is 6.94. The summed E-state index contributed by atoms with van der Waals surface area (Å²) in [6.07, 6.45) is 3.65. The number of hydrogen-bond acceptors (Lipinski definition) is 7. The third-order valence-corrected chi connectivity index (χ3v) is 10.6. The van der Waals surface area contributed by atoms with Crippen molar-refractivity contribution in [3.05, 3.63) is 99.5 Å². The second-order valence-corrected chi connectivity index (χ2v) is 14.4. The molecule has 1 aliphatic rings. The molecule has 0 atom stereocenters. The van der Waals surface area contributed by atoms with Crippen molar-refractivity contribution in [2.24, 2.45) is 0 Å². The number of nitrogens with one attached hydrogen (secondary N) is 2. The summed E-state index contributed by atoms with van der Waals surface area (Å²) in [6, 6.07) is 15.3. The molecule has 4 aromatic rings. The second kappa shape index (κ2) is 13.6. The maximum atomic E-state index is 13.9. The highest BCUT2D eigenvalue weighted by atomic mass is 35.5. The van der Waals surface area contributed by atoms with Crippen molar-refractivity contribution in [1.29, 1.82) is 0 Å². The predicted molar refractivity (Wildman–Crippen MR) is 174 cm³/mol. The van der Waals surface area contributed by atoms with Crippen molar-refractivity contribution in [1.82, 2.24) is 24.7 Å². The molecule has 2 amide bonds. The first-order chi connectivity index (χ1) is 21.4. The summed E-state index contributed by atoms with van der Waals surface area (Å²) in [7, 11) is -2.58. The largest absolute Gasteiger partial charge is 0.495 e. The van der Waals surface area contributed by atoms with E-state index in [4.69, 9.17) is 32.9 Å². The van der Waals surface area contributed by atoms with Gasteiger partial charge < -0.3 is 4.74 Å². The van der Waals surface area contributed by atoms with Crippen molar-refractivity contribution in [3.8, 4) is 11.4 Å². The van der Waals surface area contributed by atoms with E-state index in [-0.39, 0.29) is 15.7 Å². The monoisotopic (exact) mass is 691 g/mol. The number of benzene rings is 3. The molecule has 14 heteroatoms. The van der Waals surface area contributed by atoms with Crippen molar-refractivity contribution >= 4 is 51.0 Å². The van der Waals surface area contributed by atoms with Crippen LogP contribution in [0.2, 0.25) is 10.0 Å². The lowest BCUT2D eigenvalue weighted by atomic mass is 9.81. The standard InChI is InChI=1S/C31H32Cl2FN5O4S2/c1-31(2,21-7-13-25(32)27(16-21)43-3)28-18-35-30(39(28)23-10-8-22(34)9-11-23)44-19-20-6-12-24(17-26(20)33)45(41,42)37-29(40)36-38-14-4-5-15-38/h6-13,16-18H,4-5,14-15,19H2,1-3H3,(H2,36,37,40). The van der Waals surface area contributed by atoms with Gasteiger partial charge in [0, 0.05) is 35.0 Å². The lowest BCUT2D eigenvalue weighted by Gasteiger charge is -2.28. The number of imidazole rings is 1. The number of urea groups is 1. The quantitative estimate of drug-likeness (QED) is 0.174. The fraction of sp³-hybridized carbons (Fsp3) is 0.290. The number of nitrogens with zero attached hydrogens (tertiary/aromatic N) is 3. The number of thioether (sulfide) groups is 1. The van der Waals surface area contributed by atoms with Crippen LogP contribution in [0.5, 0.6) is 5.75 Å². The molecule has 1 aliphatic heterocycles. The van der Waals surface area contributed by atoms with Gasteiger partial charge in [0.1, 0.15) is 11.6 Å². The Hall–Kier alpha value is -3.29. The molecule has 0 aliphatic carbocycles. The molecule has 3 aromatic carbocycles. The highest BCUT2D eigenvalue weighted by Gasteiger charge is 2.30. The number of sulfonamides is 1. The zero-order valence-corrected chi connectivity index (χ0v) is 28.0. The zero-order chi connectivity index (χ0) is 32.4. The number of amides is 2. The smallest absolute Gasteiger partial charge is 0.343 e. The number of hydrogen-bond donors (Lipinski definition) is 2. The number of carbonyl (C=O) groups is 1. The molecule has 0 unspecified atom stereocenters. The Morgan fingerprint density at radius 3 is 2.42 bits per heavy atom. The first-order valence-electron chi connectivity index (χ1n) is 14.1. The average Bonchev–Trinajstić information content (AvgIpc) is 3.67. The molecule has 0 saturated carbocycles. The van der Waals surface area contributed by atoms with Gasteiger partial charge in [0.2, 0.25) is 0 Å². The minimum Gasteiger partial charge on any atom is -0.495 e. The fourth-order valence-electron chi connectivity index (χ4n) is 5.04. The Bertz CT molecular complexity index is 1810. The van der Waals surface area contributed by atoms with Crippen molar-refractivity contribution in [2.45, 2.75) is 47.9 Å². The van der Waals surface area contributed by atoms with E-state index in [2.05, 4.69) is 19.3 Å². The number of halogens is 3. The summed E-state index contributed by atoms with van der Waals surface area (Å²) in [5, 5.41) is 3.02. The molecule has 1 fully saturated rings. The Labute approximate surface area is 276 Å². The van der Waals surface area contributed by atoms with Crippen LogP contribution in [0.25, 0.3) is 5.69 Å². The molecule has 1 saturated heterocycles. The summed E-state index contributed by atoms with van der Waals surface area (Å²) in [5.41, 5.74) is 5.13. The zero-order valence-electron chi connectivity index (χ0n) is 24.8. The second-order valence-electron chi connectivity index (χ2n) is 11.0. The van der Waals surface area contributed by atoms with Gasteiger partial charge in [-0.2, -0.15) is 0 Å². The fourth-order valence-corrected chi connectivity index (χ4v) is 7.55. The van der Waals surface area contributed by atoms with Crippen LogP contribution in [0.15, 0.2) is 76.9 Å². The van der Waals surface area contributed by atoms with Gasteiger partial charge in [-0.25, -0.2) is 32.3 Å². The first kappa shape index (κ1) is 33.1. The van der Waals surface area contributed by atoms with Crippen molar-refractivity contribution < 1.29 is 22.3 Å². The van der Waals surface area contributed by atoms with Crippen LogP contribution < -0.4 is 14.9 Å². The molecule has 0 bridgehead atoms. The summed E-state index contributed by atoms with van der Waals surface area (Å²) in [6.45, 7) is 5.44. The van der Waals surface area contributed by atoms with Gasteiger partial charge in [0.25, 0.3) is 10.0 Å². The van der Waals surface area contributed by atoms with Gasteiger partial charge in [-0.05, 0) is 72.5 Å². The Morgan fingerprint density at radius 2 is 1.76 bits per heavy atom. The molecule has 2 N–H and O–H groups in total. The van der Waals surface area contributed by atoms with E-state index < -0.39 is 21.5 Å². The lowest BCUT2D eigenvalue weighted by Crippen LogP contribution is -2.47. The summed E-state index contributed by atoms with van der Waals surface area (Å²) in [5.74, 6) is 0.544. The molecule has 238 valence electrons. The normalized spacial score (nSPS) is 14.0. The Morgan fingerprint density at radius 1 is 1.04 bits per heavy atom. The van der Waals surface area contributed by atoms with Gasteiger partial charge in [-0.15, -0.1) is 0 Å². The maximum absolute atomic E-state index is 13.9. The SMILES string of the molecule is COc1cc(C(C)(C)c2cnc(SCc3ccc(S(=O)(=O)NC(=O)NN4CCCC4)cc3Cl)n2-c2ccc(F)cc2)ccc1Cl. The number of ether oxygens (including phenoxy) is 1. The minimum atomic E-state index is -4.15. The van der Waals surface area contributed by atoms with E-state index in [0.29, 0.717) is 46.0 Å². The van der Waals surface area contributed by atoms with Gasteiger partial charge in [-0.1, -0.05) is 60.9 Å². The van der Waals surface area contributed by atoms with E-state index in [0.717, 1.165) is 24.1 Å². The van der Waals surface area contributed by atoms with E-state index in [1.807, 2.05) is 21.4 Å². The van der Waals surface area contributed by atoms with Crippen LogP contribution in [-0.4, -0.2) is 49.2 Å². The average molecular weight is 693 g/mol. The van der Waals surface area contributed by atoms with E-state index in [1.165, 1.54) is 36.0 Å². The minimum absolute atomic E-state index is 0.131. The number of methoxy groups -OCH3 is 1. The number of rotatable bonds is 10. The van der Waals surface area contributed by atoms with E-state index in [9.17, 15) is 17.6 Å². The molecular formula is C31H32Cl2FN5O4S2. The van der Waals surface area contributed by atoms with Crippen molar-refractivity contribution in [3.63, 3.8) is 0 Å². The molecule has 0 radical (unpaired) electrons. The van der Waals surface area contributed by atoms with E-state index >= 15 is 0 Å². The molecule has 45 heavy (non-hydrogen) atoms. The van der Waals surface area contributed by atoms with Crippen LogP contribution in [0.1, 0.15) is 43.5 Å². The van der Waals surface area contributed by atoms with Crippen LogP contribution >= 0.6 is 35.0 Å². The lowest BCUT2D eigenvalue weighted by molar-refractivity contribution is 0.202. The number of hydrazine groups is 1. The van der Waals surface area contributed by atoms with Crippen LogP contribution in [-0.2, 0) is 21.2 Å². The summed E-state index contributed by atoms with van der Waals surface area (Å²) >= 11 is 14.2. The molecule has 2 heterocycles. The highest BCUT2D eigenvalue weighted by molar-refractivity contribution is 7.98. The van der Waals surface area contributed by atoms with Crippen LogP contribution in [0, 0.1) is 5.82 Å². The molecule has 5 rings (SSSR count). The summed E-state index contributed by atoms with van der Waals surface area (Å²) < 4.78 is 49.0. The third-order valence-electron chi connectivity index (χ3n) is 7.61. The van der Waals surface area contributed by atoms with Crippen LogP contribution in [0.3, 0.4) is 0 Å². The number of aromatic nitrogens is 2.